The Kier molecular flexibility index (Phi) is 4.85. The number of hydrogen-bond acceptors (Lipinski definition) is 5. The van der Waals surface area contributed by atoms with Crippen LogP contribution in [0.1, 0.15) is 16.1 Å². The molecule has 0 bridgehead atoms. The van der Waals surface area contributed by atoms with Crippen LogP contribution in [0.2, 0.25) is 0 Å². The monoisotopic (exact) mass is 375 g/mol. The fourth-order valence-corrected chi connectivity index (χ4v) is 3.40. The third kappa shape index (κ3) is 3.36. The molecule has 2 heterocycles. The molecular weight excluding hydrogens is 354 g/mol. The molecule has 0 spiro atoms. The van der Waals surface area contributed by atoms with E-state index in [1.165, 1.54) is 11.3 Å². The third-order valence-corrected chi connectivity index (χ3v) is 4.82. The number of rotatable bonds is 5. The smallest absolute Gasteiger partial charge is 0.274 e. The number of carbonyl (C=O) groups is 1. The average Bonchev–Trinajstić information content (AvgIpc) is 3.18. The first-order chi connectivity index (χ1) is 13.7. The number of nitrogens with zero attached hydrogens (tertiary/aromatic N) is 2. The van der Waals surface area contributed by atoms with Crippen molar-refractivity contribution in [2.24, 2.45) is 0 Å². The second-order valence-corrected chi connectivity index (χ2v) is 6.46. The van der Waals surface area contributed by atoms with Crippen molar-refractivity contribution in [1.82, 2.24) is 4.98 Å². The number of methoxy groups -OCH3 is 2. The number of anilines is 3. The van der Waals surface area contributed by atoms with Gasteiger partial charge in [-0.3, -0.25) is 4.79 Å². The van der Waals surface area contributed by atoms with Crippen molar-refractivity contribution in [3.63, 3.8) is 0 Å². The lowest BCUT2D eigenvalue weighted by atomic mass is 10.2. The fraction of sp³-hybridized carbons (Fsp3) is 0.182. The summed E-state index contributed by atoms with van der Waals surface area (Å²) < 4.78 is 10.5. The van der Waals surface area contributed by atoms with E-state index in [9.17, 15) is 4.79 Å². The molecule has 6 heteroatoms. The number of carbonyl (C=O) groups excluding carboxylic acids is 1. The number of benzene rings is 2. The maximum atomic E-state index is 12.5. The van der Waals surface area contributed by atoms with Crippen LogP contribution in [0.3, 0.4) is 0 Å². The van der Waals surface area contributed by atoms with E-state index < -0.39 is 0 Å². The lowest BCUT2D eigenvalue weighted by Gasteiger charge is -2.19. The Morgan fingerprint density at radius 3 is 2.61 bits per heavy atom. The van der Waals surface area contributed by atoms with Crippen LogP contribution in [0.5, 0.6) is 11.5 Å². The molecule has 142 valence electrons. The highest BCUT2D eigenvalue weighted by molar-refractivity contribution is 6.03. The largest absolute Gasteiger partial charge is 0.493 e. The normalized spacial score (nSPS) is 12.4. The number of aromatic nitrogens is 1. The molecule has 28 heavy (non-hydrogen) atoms. The lowest BCUT2D eigenvalue weighted by Crippen LogP contribution is -2.16. The van der Waals surface area contributed by atoms with Crippen molar-refractivity contribution >= 4 is 23.0 Å². The Hall–Kier alpha value is -3.54. The van der Waals surface area contributed by atoms with E-state index in [-0.39, 0.29) is 5.91 Å². The van der Waals surface area contributed by atoms with Gasteiger partial charge in [0.2, 0.25) is 0 Å². The Labute approximate surface area is 163 Å². The summed E-state index contributed by atoms with van der Waals surface area (Å²) in [7, 11) is 3.13. The Bertz CT molecular complexity index is 1000. The van der Waals surface area contributed by atoms with Gasteiger partial charge in [-0.2, -0.15) is 0 Å². The van der Waals surface area contributed by atoms with Gasteiger partial charge in [0.1, 0.15) is 5.69 Å². The van der Waals surface area contributed by atoms with Crippen LogP contribution >= 0.6 is 0 Å². The molecular formula is C22H21N3O3. The minimum absolute atomic E-state index is 0.277. The summed E-state index contributed by atoms with van der Waals surface area (Å²) in [6.45, 7) is 0.915. The molecule has 0 saturated carbocycles. The van der Waals surface area contributed by atoms with Crippen LogP contribution in [-0.2, 0) is 6.42 Å². The van der Waals surface area contributed by atoms with Gasteiger partial charge in [0.05, 0.1) is 26.1 Å². The van der Waals surface area contributed by atoms with Crippen LogP contribution in [0.15, 0.2) is 60.8 Å². The molecule has 3 aromatic rings. The fourth-order valence-electron chi connectivity index (χ4n) is 3.40. The summed E-state index contributed by atoms with van der Waals surface area (Å²) in [5.41, 5.74) is 4.48. The number of amides is 1. The van der Waals surface area contributed by atoms with Gasteiger partial charge in [-0.25, -0.2) is 4.98 Å². The first-order valence-corrected chi connectivity index (χ1v) is 9.04. The van der Waals surface area contributed by atoms with Crippen molar-refractivity contribution in [1.29, 1.82) is 0 Å². The molecule has 1 aliphatic heterocycles. The van der Waals surface area contributed by atoms with Crippen molar-refractivity contribution in [2.75, 3.05) is 31.0 Å². The molecule has 4 rings (SSSR count). The van der Waals surface area contributed by atoms with Crippen molar-refractivity contribution < 1.29 is 14.3 Å². The molecule has 0 saturated heterocycles. The maximum absolute atomic E-state index is 12.5. The van der Waals surface area contributed by atoms with Crippen LogP contribution in [-0.4, -0.2) is 31.7 Å². The van der Waals surface area contributed by atoms with Crippen molar-refractivity contribution in [3.05, 3.63) is 72.1 Å². The van der Waals surface area contributed by atoms with Gasteiger partial charge >= 0.3 is 0 Å². The summed E-state index contributed by atoms with van der Waals surface area (Å²) in [6, 6.07) is 17.2. The highest BCUT2D eigenvalue weighted by Crippen LogP contribution is 2.34. The second-order valence-electron chi connectivity index (χ2n) is 6.46. The molecule has 1 aromatic heterocycles. The highest BCUT2D eigenvalue weighted by Gasteiger charge is 2.20. The van der Waals surface area contributed by atoms with Gasteiger partial charge in [0.25, 0.3) is 5.91 Å². The zero-order valence-electron chi connectivity index (χ0n) is 15.8. The Morgan fingerprint density at radius 1 is 1.04 bits per heavy atom. The minimum Gasteiger partial charge on any atom is -0.493 e. The number of ether oxygens (including phenoxy) is 2. The zero-order chi connectivity index (χ0) is 19.5. The highest BCUT2D eigenvalue weighted by atomic mass is 16.5. The molecule has 0 radical (unpaired) electrons. The SMILES string of the molecule is COc1ccc(NC(=O)c2ccc(N3CCc4ccccc43)cn2)cc1OC. The second kappa shape index (κ2) is 7.60. The number of fused-ring (bicyclic) bond motifs is 1. The van der Waals surface area contributed by atoms with Crippen LogP contribution < -0.4 is 19.7 Å². The van der Waals surface area contributed by atoms with Gasteiger partial charge < -0.3 is 19.7 Å². The van der Waals surface area contributed by atoms with E-state index in [0.29, 0.717) is 22.9 Å². The molecule has 2 aromatic carbocycles. The molecule has 0 fully saturated rings. The molecule has 6 nitrogen and oxygen atoms in total. The molecule has 1 amide bonds. The van der Waals surface area contributed by atoms with Crippen LogP contribution in [0, 0.1) is 0 Å². The molecule has 0 unspecified atom stereocenters. The van der Waals surface area contributed by atoms with Crippen molar-refractivity contribution in [3.8, 4) is 11.5 Å². The van der Waals surface area contributed by atoms with E-state index >= 15 is 0 Å². The topological polar surface area (TPSA) is 63.7 Å². The number of para-hydroxylation sites is 1. The van der Waals surface area contributed by atoms with Gasteiger partial charge in [-0.15, -0.1) is 0 Å². The van der Waals surface area contributed by atoms with E-state index in [1.807, 2.05) is 12.1 Å². The molecule has 1 N–H and O–H groups in total. The summed E-state index contributed by atoms with van der Waals surface area (Å²) in [5, 5.41) is 2.84. The van der Waals surface area contributed by atoms with Gasteiger partial charge in [-0.05, 0) is 42.3 Å². The quantitative estimate of drug-likeness (QED) is 0.729. The predicted molar refractivity (Wildman–Crippen MR) is 109 cm³/mol. The zero-order valence-corrected chi connectivity index (χ0v) is 15.8. The van der Waals surface area contributed by atoms with Crippen molar-refractivity contribution in [2.45, 2.75) is 6.42 Å². The number of pyridine rings is 1. The van der Waals surface area contributed by atoms with Gasteiger partial charge in [0.15, 0.2) is 11.5 Å². The maximum Gasteiger partial charge on any atom is 0.274 e. The lowest BCUT2D eigenvalue weighted by molar-refractivity contribution is 0.102. The molecule has 0 atom stereocenters. The van der Waals surface area contributed by atoms with Gasteiger partial charge in [0, 0.05) is 24.0 Å². The summed E-state index contributed by atoms with van der Waals surface area (Å²) in [6.07, 6.45) is 2.75. The Balaban J connectivity index is 1.49. The first kappa shape index (κ1) is 17.9. The summed E-state index contributed by atoms with van der Waals surface area (Å²) in [4.78, 5) is 19.1. The molecule has 0 aliphatic carbocycles. The minimum atomic E-state index is -0.277. The van der Waals surface area contributed by atoms with Crippen LogP contribution in [0.4, 0.5) is 17.1 Å². The van der Waals surface area contributed by atoms with Crippen LogP contribution in [0.25, 0.3) is 0 Å². The average molecular weight is 375 g/mol. The van der Waals surface area contributed by atoms with E-state index in [0.717, 1.165) is 18.7 Å². The first-order valence-electron chi connectivity index (χ1n) is 9.04. The Morgan fingerprint density at radius 2 is 1.86 bits per heavy atom. The van der Waals surface area contributed by atoms with E-state index in [2.05, 4.69) is 33.4 Å². The van der Waals surface area contributed by atoms with Gasteiger partial charge in [-0.1, -0.05) is 18.2 Å². The standard InChI is InChI=1S/C22H21N3O3/c1-27-20-10-7-16(13-21(20)28-2)24-22(26)18-9-8-17(14-23-18)25-12-11-15-5-3-4-6-19(15)25/h3-10,13-14H,11-12H2,1-2H3,(H,24,26). The van der Waals surface area contributed by atoms with E-state index in [4.69, 9.17) is 9.47 Å². The number of nitrogens with one attached hydrogen (secondary N) is 1. The summed E-state index contributed by atoms with van der Waals surface area (Å²) >= 11 is 0. The molecule has 1 aliphatic rings. The predicted octanol–water partition coefficient (Wildman–Crippen LogP) is 4.05. The van der Waals surface area contributed by atoms with E-state index in [1.54, 1.807) is 44.7 Å². The third-order valence-electron chi connectivity index (χ3n) is 4.82. The number of hydrogen-bond donors (Lipinski definition) is 1. The summed E-state index contributed by atoms with van der Waals surface area (Å²) in [5.74, 6) is 0.880.